The third kappa shape index (κ3) is 4.68. The smallest absolute Gasteiger partial charge is 0.328 e. The summed E-state index contributed by atoms with van der Waals surface area (Å²) in [7, 11) is 0. The second kappa shape index (κ2) is 9.42. The maximum atomic E-state index is 12.4. The Kier molecular flexibility index (Phi) is 6.71. The zero-order valence-electron chi connectivity index (χ0n) is 15.8. The minimum atomic E-state index is -0.859. The van der Waals surface area contributed by atoms with Crippen molar-refractivity contribution in [3.8, 4) is 0 Å². The minimum Gasteiger partial charge on any atom is -0.462 e. The lowest BCUT2D eigenvalue weighted by Gasteiger charge is -2.18. The first-order valence-electron chi connectivity index (χ1n) is 8.98. The monoisotopic (exact) mass is 416 g/mol. The second-order valence-corrected chi connectivity index (χ2v) is 7.25. The van der Waals surface area contributed by atoms with Crippen molar-refractivity contribution in [3.63, 3.8) is 0 Å². The van der Waals surface area contributed by atoms with Crippen LogP contribution in [0.1, 0.15) is 37.7 Å². The fraction of sp³-hybridized carbons (Fsp3) is 0.300. The van der Waals surface area contributed by atoms with Crippen LogP contribution >= 0.6 is 11.8 Å². The van der Waals surface area contributed by atoms with E-state index in [-0.39, 0.29) is 18.9 Å². The number of rotatable bonds is 9. The Morgan fingerprint density at radius 2 is 1.83 bits per heavy atom. The van der Waals surface area contributed by atoms with Gasteiger partial charge in [0.25, 0.3) is 17.7 Å². The number of hydrogen-bond acceptors (Lipinski definition) is 7. The molecule has 1 aliphatic rings. The Morgan fingerprint density at radius 1 is 1.14 bits per heavy atom. The van der Waals surface area contributed by atoms with Crippen molar-refractivity contribution in [2.45, 2.75) is 12.5 Å². The van der Waals surface area contributed by atoms with E-state index < -0.39 is 29.7 Å². The van der Waals surface area contributed by atoms with Crippen molar-refractivity contribution in [2.75, 3.05) is 25.2 Å². The number of imide groups is 1. The number of furan rings is 1. The molecule has 0 unspecified atom stereocenters. The zero-order chi connectivity index (χ0) is 20.8. The highest BCUT2D eigenvalue weighted by molar-refractivity contribution is 7.98. The summed E-state index contributed by atoms with van der Waals surface area (Å²) in [5.74, 6) is -1.23. The lowest BCUT2D eigenvalue weighted by atomic mass is 10.1. The van der Waals surface area contributed by atoms with Gasteiger partial charge in [0.15, 0.2) is 5.76 Å². The predicted molar refractivity (Wildman–Crippen MR) is 106 cm³/mol. The lowest BCUT2D eigenvalue weighted by molar-refractivity contribution is -0.146. The molecule has 0 radical (unpaired) electrons. The van der Waals surface area contributed by atoms with Crippen LogP contribution in [-0.2, 0) is 9.53 Å². The van der Waals surface area contributed by atoms with Crippen LogP contribution in [0, 0.1) is 0 Å². The van der Waals surface area contributed by atoms with Crippen LogP contribution in [-0.4, -0.2) is 59.8 Å². The molecule has 0 fully saturated rings. The summed E-state index contributed by atoms with van der Waals surface area (Å²) in [5.41, 5.74) is 0.680. The molecule has 1 atom stereocenters. The molecule has 0 saturated heterocycles. The number of hydrogen-bond donors (Lipinski definition) is 1. The molecular weight excluding hydrogens is 396 g/mol. The highest BCUT2D eigenvalue weighted by Crippen LogP contribution is 2.22. The molecule has 3 amide bonds. The maximum absolute atomic E-state index is 12.4. The van der Waals surface area contributed by atoms with Gasteiger partial charge in [-0.3, -0.25) is 19.3 Å². The number of carbonyl (C=O) groups is 4. The van der Waals surface area contributed by atoms with Gasteiger partial charge in [-0.2, -0.15) is 11.8 Å². The fourth-order valence-electron chi connectivity index (χ4n) is 2.90. The number of nitrogens with one attached hydrogen (secondary N) is 1. The molecule has 152 valence electrons. The Morgan fingerprint density at radius 3 is 2.41 bits per heavy atom. The number of thioether (sulfide) groups is 1. The van der Waals surface area contributed by atoms with E-state index in [1.165, 1.54) is 24.1 Å². The van der Waals surface area contributed by atoms with E-state index in [4.69, 9.17) is 9.15 Å². The topological polar surface area (TPSA) is 106 Å². The molecule has 9 heteroatoms. The second-order valence-electron chi connectivity index (χ2n) is 6.26. The number of nitrogens with zero attached hydrogens (tertiary/aromatic N) is 1. The Labute approximate surface area is 171 Å². The lowest BCUT2D eigenvalue weighted by Crippen LogP contribution is -2.43. The van der Waals surface area contributed by atoms with Gasteiger partial charge in [-0.05, 0) is 42.7 Å². The van der Waals surface area contributed by atoms with Gasteiger partial charge in [0.2, 0.25) is 0 Å². The number of carbonyl (C=O) groups excluding carboxylic acids is 4. The van der Waals surface area contributed by atoms with Gasteiger partial charge in [-0.15, -0.1) is 0 Å². The highest BCUT2D eigenvalue weighted by Gasteiger charge is 2.35. The van der Waals surface area contributed by atoms with Crippen molar-refractivity contribution >= 4 is 35.5 Å². The summed E-state index contributed by atoms with van der Waals surface area (Å²) in [6.45, 7) is -0.212. The first-order chi connectivity index (χ1) is 14.0. The summed E-state index contributed by atoms with van der Waals surface area (Å²) in [4.78, 5) is 50.3. The Bertz CT molecular complexity index is 876. The van der Waals surface area contributed by atoms with Crippen molar-refractivity contribution in [1.29, 1.82) is 0 Å². The highest BCUT2D eigenvalue weighted by atomic mass is 32.2. The van der Waals surface area contributed by atoms with Gasteiger partial charge in [-0.1, -0.05) is 12.1 Å². The van der Waals surface area contributed by atoms with E-state index in [0.29, 0.717) is 23.3 Å². The molecule has 0 saturated carbocycles. The number of ether oxygens (including phenoxy) is 1. The SMILES string of the molecule is CSCC[C@@H](NC(=O)c1ccco1)C(=O)OCCN1C(=O)c2ccccc2C1=O. The van der Waals surface area contributed by atoms with Crippen LogP contribution in [0.2, 0.25) is 0 Å². The van der Waals surface area contributed by atoms with Crippen LogP contribution in [0.3, 0.4) is 0 Å². The molecule has 1 aromatic heterocycles. The summed E-state index contributed by atoms with van der Waals surface area (Å²) in [6.07, 6.45) is 3.63. The Hall–Kier alpha value is -3.07. The van der Waals surface area contributed by atoms with Crippen LogP contribution in [0.4, 0.5) is 0 Å². The van der Waals surface area contributed by atoms with Gasteiger partial charge in [0.05, 0.1) is 23.9 Å². The first kappa shape index (κ1) is 20.7. The first-order valence-corrected chi connectivity index (χ1v) is 10.4. The van der Waals surface area contributed by atoms with Gasteiger partial charge in [-0.25, -0.2) is 4.79 Å². The number of fused-ring (bicyclic) bond motifs is 1. The van der Waals surface area contributed by atoms with E-state index in [1.807, 2.05) is 6.26 Å². The summed E-state index contributed by atoms with van der Waals surface area (Å²) >= 11 is 1.53. The standard InChI is InChI=1S/C20H20N2O6S/c1-29-12-8-15(21-17(23)16-7-4-10-27-16)20(26)28-11-9-22-18(24)13-5-2-3-6-14(13)19(22)25/h2-7,10,15H,8-9,11-12H2,1H3,(H,21,23)/t15-/m1/s1. The summed E-state index contributed by atoms with van der Waals surface area (Å²) in [6, 6.07) is 8.76. The van der Waals surface area contributed by atoms with Gasteiger partial charge < -0.3 is 14.5 Å². The maximum Gasteiger partial charge on any atom is 0.328 e. The fourth-order valence-corrected chi connectivity index (χ4v) is 3.37. The molecule has 3 rings (SSSR count). The molecule has 1 aliphatic heterocycles. The predicted octanol–water partition coefficient (Wildman–Crippen LogP) is 1.97. The van der Waals surface area contributed by atoms with Gasteiger partial charge >= 0.3 is 5.97 Å². The van der Waals surface area contributed by atoms with Crippen LogP contribution in [0.5, 0.6) is 0 Å². The third-order valence-electron chi connectivity index (χ3n) is 4.38. The number of amides is 3. The number of esters is 1. The van der Waals surface area contributed by atoms with Crippen molar-refractivity contribution in [1.82, 2.24) is 10.2 Å². The van der Waals surface area contributed by atoms with Crippen LogP contribution in [0.15, 0.2) is 47.1 Å². The quantitative estimate of drug-likeness (QED) is 0.492. The molecule has 0 aliphatic carbocycles. The minimum absolute atomic E-state index is 0.0561. The molecule has 2 aromatic rings. The normalized spacial score (nSPS) is 13.9. The summed E-state index contributed by atoms with van der Waals surface area (Å²) in [5, 5.41) is 2.60. The average molecular weight is 416 g/mol. The third-order valence-corrected chi connectivity index (χ3v) is 5.03. The molecule has 29 heavy (non-hydrogen) atoms. The van der Waals surface area contributed by atoms with E-state index in [1.54, 1.807) is 30.3 Å². The molecule has 1 aromatic carbocycles. The molecule has 8 nitrogen and oxygen atoms in total. The Balaban J connectivity index is 1.55. The van der Waals surface area contributed by atoms with Gasteiger partial charge in [0, 0.05) is 0 Å². The van der Waals surface area contributed by atoms with E-state index >= 15 is 0 Å². The van der Waals surface area contributed by atoms with E-state index in [2.05, 4.69) is 5.32 Å². The van der Waals surface area contributed by atoms with Crippen LogP contribution in [0.25, 0.3) is 0 Å². The van der Waals surface area contributed by atoms with Crippen molar-refractivity contribution in [2.24, 2.45) is 0 Å². The largest absolute Gasteiger partial charge is 0.462 e. The average Bonchev–Trinajstić information content (AvgIpc) is 3.35. The van der Waals surface area contributed by atoms with E-state index in [9.17, 15) is 19.2 Å². The van der Waals surface area contributed by atoms with E-state index in [0.717, 1.165) is 4.90 Å². The number of benzene rings is 1. The zero-order valence-corrected chi connectivity index (χ0v) is 16.6. The molecule has 0 spiro atoms. The van der Waals surface area contributed by atoms with Gasteiger partial charge in [0.1, 0.15) is 12.6 Å². The van der Waals surface area contributed by atoms with Crippen molar-refractivity contribution < 1.29 is 28.3 Å². The molecule has 0 bridgehead atoms. The summed E-state index contributed by atoms with van der Waals surface area (Å²) < 4.78 is 10.3. The molecule has 2 heterocycles. The molecule has 1 N–H and O–H groups in total. The molecular formula is C20H20N2O6S. The van der Waals surface area contributed by atoms with Crippen LogP contribution < -0.4 is 5.32 Å². The van der Waals surface area contributed by atoms with Crippen molar-refractivity contribution in [3.05, 3.63) is 59.5 Å².